The summed E-state index contributed by atoms with van der Waals surface area (Å²) in [5, 5.41) is 15.7. The summed E-state index contributed by atoms with van der Waals surface area (Å²) in [6.07, 6.45) is 0.672. The summed E-state index contributed by atoms with van der Waals surface area (Å²) in [5.41, 5.74) is 2.77. The van der Waals surface area contributed by atoms with Crippen molar-refractivity contribution in [2.75, 3.05) is 10.6 Å². The number of nitrogens with one attached hydrogen (secondary N) is 2. The number of alkyl halides is 1. The second-order valence-electron chi connectivity index (χ2n) is 11.3. The summed E-state index contributed by atoms with van der Waals surface area (Å²) in [6.45, 7) is 16.4. The highest BCUT2D eigenvalue weighted by Gasteiger charge is 2.29. The van der Waals surface area contributed by atoms with Gasteiger partial charge in [-0.3, -0.25) is 9.59 Å². The molecule has 0 saturated heterocycles. The van der Waals surface area contributed by atoms with Crippen LogP contribution in [0, 0.1) is 0 Å². The molecular weight excluding hydrogens is 483 g/mol. The first-order valence-corrected chi connectivity index (χ1v) is 13.6. The van der Waals surface area contributed by atoms with E-state index in [0.717, 1.165) is 18.4 Å². The van der Waals surface area contributed by atoms with Crippen LogP contribution in [0.3, 0.4) is 0 Å². The number of rotatable bonds is 13. The van der Waals surface area contributed by atoms with E-state index in [1.807, 2.05) is 13.0 Å². The Balaban J connectivity index is 2.21. The number of phenols is 1. The molecule has 210 valence electrons. The van der Waals surface area contributed by atoms with E-state index < -0.39 is 12.3 Å². The fraction of sp³-hybridized carbons (Fsp3) is 0.548. The summed E-state index contributed by atoms with van der Waals surface area (Å²) in [7, 11) is 0. The third-order valence-electron chi connectivity index (χ3n) is 7.50. The molecule has 2 rings (SSSR count). The minimum Gasteiger partial charge on any atom is -0.506 e. The number of hydrogen-bond donors (Lipinski definition) is 3. The van der Waals surface area contributed by atoms with Crippen LogP contribution in [-0.2, 0) is 20.4 Å². The first kappa shape index (κ1) is 31.1. The molecular formula is C31H45FN2O4. The van der Waals surface area contributed by atoms with Crippen molar-refractivity contribution in [1.82, 2.24) is 0 Å². The van der Waals surface area contributed by atoms with Gasteiger partial charge in [0.1, 0.15) is 11.5 Å². The summed E-state index contributed by atoms with van der Waals surface area (Å²) in [6, 6.07) is 10.7. The highest BCUT2D eigenvalue weighted by Crippen LogP contribution is 2.39. The molecule has 7 heteroatoms. The van der Waals surface area contributed by atoms with Crippen LogP contribution in [0.2, 0.25) is 0 Å². The van der Waals surface area contributed by atoms with Gasteiger partial charge in [-0.1, -0.05) is 60.6 Å². The number of anilines is 2. The van der Waals surface area contributed by atoms with Crippen molar-refractivity contribution < 1.29 is 23.8 Å². The summed E-state index contributed by atoms with van der Waals surface area (Å²) in [5.74, 6) is -0.225. The molecule has 38 heavy (non-hydrogen) atoms. The van der Waals surface area contributed by atoms with Crippen molar-refractivity contribution >= 4 is 23.2 Å². The van der Waals surface area contributed by atoms with Gasteiger partial charge < -0.3 is 20.5 Å². The molecule has 2 atom stereocenters. The normalized spacial score (nSPS) is 13.5. The summed E-state index contributed by atoms with van der Waals surface area (Å²) < 4.78 is 19.3. The van der Waals surface area contributed by atoms with Crippen LogP contribution in [0.4, 0.5) is 15.8 Å². The molecule has 0 aromatic heterocycles. The Morgan fingerprint density at radius 3 is 2.18 bits per heavy atom. The molecule has 0 aliphatic rings. The Bertz CT molecular complexity index is 1110. The van der Waals surface area contributed by atoms with Crippen LogP contribution < -0.4 is 15.4 Å². The largest absolute Gasteiger partial charge is 0.506 e. The van der Waals surface area contributed by atoms with E-state index in [1.54, 1.807) is 6.07 Å². The van der Waals surface area contributed by atoms with Crippen molar-refractivity contribution in [3.05, 3.63) is 47.5 Å². The van der Waals surface area contributed by atoms with Gasteiger partial charge in [-0.15, -0.1) is 0 Å². The summed E-state index contributed by atoms with van der Waals surface area (Å²) >= 11 is 0. The number of ether oxygens (including phenoxy) is 1. The average molecular weight is 529 g/mol. The standard InChI is InChI=1S/C31H45FN2O4/c1-9-26(38-27-16-13-21(30(5,6)10-2)18-23(27)31(7,8)11-3)29(37)33-22-14-15-24(25(35)19-22)34-28(36)17-12-20(4)32/h13-16,18-20,26,35H,9-12,17H2,1-8H3,(H,33,37)(H,34,36). The Kier molecular flexibility index (Phi) is 10.7. The maximum Gasteiger partial charge on any atom is 0.265 e. The van der Waals surface area contributed by atoms with E-state index in [0.29, 0.717) is 17.9 Å². The lowest BCUT2D eigenvalue weighted by atomic mass is 9.76. The third-order valence-corrected chi connectivity index (χ3v) is 7.50. The van der Waals surface area contributed by atoms with Crippen molar-refractivity contribution in [3.8, 4) is 11.5 Å². The van der Waals surface area contributed by atoms with Gasteiger partial charge >= 0.3 is 0 Å². The average Bonchev–Trinajstić information content (AvgIpc) is 2.87. The van der Waals surface area contributed by atoms with Gasteiger partial charge in [0.25, 0.3) is 5.91 Å². The molecule has 0 aliphatic carbocycles. The molecule has 0 fully saturated rings. The van der Waals surface area contributed by atoms with Gasteiger partial charge in [0.2, 0.25) is 5.91 Å². The fourth-order valence-electron chi connectivity index (χ4n) is 3.93. The molecule has 3 N–H and O–H groups in total. The van der Waals surface area contributed by atoms with Gasteiger partial charge in [-0.25, -0.2) is 4.39 Å². The van der Waals surface area contributed by atoms with Gasteiger partial charge in [0.05, 0.1) is 11.9 Å². The predicted octanol–water partition coefficient (Wildman–Crippen LogP) is 7.64. The van der Waals surface area contributed by atoms with Crippen LogP contribution >= 0.6 is 0 Å². The molecule has 2 unspecified atom stereocenters. The van der Waals surface area contributed by atoms with E-state index in [1.165, 1.54) is 24.6 Å². The molecule has 2 aromatic carbocycles. The zero-order valence-corrected chi connectivity index (χ0v) is 24.2. The van der Waals surface area contributed by atoms with E-state index in [2.05, 4.69) is 64.3 Å². The molecule has 0 saturated carbocycles. The number of carbonyl (C=O) groups is 2. The third kappa shape index (κ3) is 8.20. The number of aromatic hydroxyl groups is 1. The SMILES string of the molecule is CCC(Oc1ccc(C(C)(C)CC)cc1C(C)(C)CC)C(=O)Nc1ccc(NC(=O)CCC(C)F)c(O)c1. The second-order valence-corrected chi connectivity index (χ2v) is 11.3. The molecule has 2 aromatic rings. The highest BCUT2D eigenvalue weighted by atomic mass is 19.1. The van der Waals surface area contributed by atoms with Crippen molar-refractivity contribution in [3.63, 3.8) is 0 Å². The van der Waals surface area contributed by atoms with Gasteiger partial charge in [0.15, 0.2) is 6.10 Å². The molecule has 0 radical (unpaired) electrons. The van der Waals surface area contributed by atoms with Crippen molar-refractivity contribution in [2.45, 2.75) is 111 Å². The second kappa shape index (κ2) is 13.1. The molecule has 0 heterocycles. The van der Waals surface area contributed by atoms with Crippen LogP contribution in [-0.4, -0.2) is 29.2 Å². The molecule has 2 amide bonds. The van der Waals surface area contributed by atoms with Crippen LogP contribution in [0.1, 0.15) is 98.6 Å². The van der Waals surface area contributed by atoms with Crippen molar-refractivity contribution in [1.29, 1.82) is 0 Å². The van der Waals surface area contributed by atoms with Gasteiger partial charge in [-0.2, -0.15) is 0 Å². The molecule has 6 nitrogen and oxygen atoms in total. The lowest BCUT2D eigenvalue weighted by Crippen LogP contribution is -2.33. The van der Waals surface area contributed by atoms with Crippen LogP contribution in [0.5, 0.6) is 11.5 Å². The molecule has 0 aliphatic heterocycles. The van der Waals surface area contributed by atoms with E-state index in [4.69, 9.17) is 4.74 Å². The van der Waals surface area contributed by atoms with Crippen molar-refractivity contribution in [2.24, 2.45) is 0 Å². The highest BCUT2D eigenvalue weighted by molar-refractivity contribution is 5.96. The lowest BCUT2D eigenvalue weighted by Gasteiger charge is -2.31. The summed E-state index contributed by atoms with van der Waals surface area (Å²) in [4.78, 5) is 25.1. The number of amides is 2. The maximum atomic E-state index is 13.2. The predicted molar refractivity (Wildman–Crippen MR) is 153 cm³/mol. The monoisotopic (exact) mass is 528 g/mol. The molecule has 0 spiro atoms. The first-order chi connectivity index (χ1) is 17.7. The van der Waals surface area contributed by atoms with Crippen LogP contribution in [0.25, 0.3) is 0 Å². The minimum absolute atomic E-state index is 0.0128. The zero-order valence-electron chi connectivity index (χ0n) is 24.2. The Morgan fingerprint density at radius 1 is 0.974 bits per heavy atom. The zero-order chi connectivity index (χ0) is 28.7. The van der Waals surface area contributed by atoms with E-state index in [9.17, 15) is 19.1 Å². The topological polar surface area (TPSA) is 87.7 Å². The van der Waals surface area contributed by atoms with E-state index >= 15 is 0 Å². The fourth-order valence-corrected chi connectivity index (χ4v) is 3.93. The number of benzene rings is 2. The Morgan fingerprint density at radius 2 is 1.63 bits per heavy atom. The minimum atomic E-state index is -1.08. The first-order valence-electron chi connectivity index (χ1n) is 13.6. The quantitative estimate of drug-likeness (QED) is 0.233. The Labute approximate surface area is 227 Å². The van der Waals surface area contributed by atoms with Gasteiger partial charge in [0, 0.05) is 23.7 Å². The van der Waals surface area contributed by atoms with E-state index in [-0.39, 0.29) is 46.9 Å². The van der Waals surface area contributed by atoms with Gasteiger partial charge in [-0.05, 0) is 67.2 Å². The van der Waals surface area contributed by atoms with Crippen LogP contribution in [0.15, 0.2) is 36.4 Å². The number of hydrogen-bond acceptors (Lipinski definition) is 4. The number of phenolic OH excluding ortho intramolecular Hbond substituents is 1. The molecule has 0 bridgehead atoms. The Hall–Kier alpha value is -3.09. The lowest BCUT2D eigenvalue weighted by molar-refractivity contribution is -0.123. The maximum absolute atomic E-state index is 13.2. The number of halogens is 1. The number of carbonyl (C=O) groups excluding carboxylic acids is 2. The smallest absolute Gasteiger partial charge is 0.265 e.